The molecule has 27 heavy (non-hydrogen) atoms. The van der Waals surface area contributed by atoms with Gasteiger partial charge >= 0.3 is 0 Å². The molecular weight excluding hydrogens is 339 g/mol. The van der Waals surface area contributed by atoms with Gasteiger partial charge in [-0.15, -0.1) is 0 Å². The van der Waals surface area contributed by atoms with Crippen LogP contribution in [-0.4, -0.2) is 21.3 Å². The molecule has 0 radical (unpaired) electrons. The molecule has 0 fully saturated rings. The van der Waals surface area contributed by atoms with E-state index in [1.807, 2.05) is 40.9 Å². The lowest BCUT2D eigenvalue weighted by Crippen LogP contribution is -2.18. The summed E-state index contributed by atoms with van der Waals surface area (Å²) in [5, 5.41) is 0. The predicted molar refractivity (Wildman–Crippen MR) is 107 cm³/mol. The van der Waals surface area contributed by atoms with Gasteiger partial charge in [0.1, 0.15) is 11.5 Å². The highest BCUT2D eigenvalue weighted by Gasteiger charge is 2.16. The van der Waals surface area contributed by atoms with Crippen LogP contribution >= 0.6 is 0 Å². The zero-order valence-electron chi connectivity index (χ0n) is 15.1. The standard InChI is InChI=1S/C22H21FN4/c1-26(13-16-5-3-2-4-6-16)15-20-22(17-7-9-18(23)10-8-17)25-21-12-11-19(24)14-27(20)21/h2-12,14H,13,15,24H2,1H3. The fourth-order valence-electron chi connectivity index (χ4n) is 3.31. The third-order valence-corrected chi connectivity index (χ3v) is 4.57. The molecule has 4 nitrogen and oxygen atoms in total. The number of hydrogen-bond acceptors (Lipinski definition) is 3. The number of halogens is 1. The molecule has 2 aromatic carbocycles. The fraction of sp³-hybridized carbons (Fsp3) is 0.136. The molecule has 136 valence electrons. The lowest BCUT2D eigenvalue weighted by Gasteiger charge is -2.17. The van der Waals surface area contributed by atoms with Gasteiger partial charge in [0.2, 0.25) is 0 Å². The number of nitrogen functional groups attached to an aromatic ring is 1. The number of imidazole rings is 1. The fourth-order valence-corrected chi connectivity index (χ4v) is 3.31. The number of rotatable bonds is 5. The number of aromatic nitrogens is 2. The molecule has 0 atom stereocenters. The van der Waals surface area contributed by atoms with E-state index in [1.54, 1.807) is 12.1 Å². The summed E-state index contributed by atoms with van der Waals surface area (Å²) in [7, 11) is 2.08. The maximum atomic E-state index is 13.4. The minimum atomic E-state index is -0.255. The molecule has 4 rings (SSSR count). The van der Waals surface area contributed by atoms with Gasteiger partial charge in [0.25, 0.3) is 0 Å². The number of nitrogens with zero attached hydrogens (tertiary/aromatic N) is 3. The number of pyridine rings is 1. The first kappa shape index (κ1) is 17.2. The Labute approximate surface area is 157 Å². The zero-order chi connectivity index (χ0) is 18.8. The Morgan fingerprint density at radius 3 is 2.44 bits per heavy atom. The molecule has 2 heterocycles. The first-order chi connectivity index (χ1) is 13.1. The molecule has 2 N–H and O–H groups in total. The number of fused-ring (bicyclic) bond motifs is 1. The van der Waals surface area contributed by atoms with Gasteiger partial charge in [0, 0.05) is 30.5 Å². The molecule has 0 saturated carbocycles. The SMILES string of the molecule is CN(Cc1ccccc1)Cc1c(-c2ccc(F)cc2)nc2ccc(N)cn12. The van der Waals surface area contributed by atoms with Crippen LogP contribution in [0.2, 0.25) is 0 Å². The maximum Gasteiger partial charge on any atom is 0.137 e. The lowest BCUT2D eigenvalue weighted by atomic mass is 10.1. The monoisotopic (exact) mass is 360 g/mol. The van der Waals surface area contributed by atoms with Crippen LogP contribution in [0.1, 0.15) is 11.3 Å². The third kappa shape index (κ3) is 3.68. The molecule has 0 spiro atoms. The van der Waals surface area contributed by atoms with Crippen molar-refractivity contribution in [3.05, 3.63) is 90.0 Å². The normalized spacial score (nSPS) is 11.4. The van der Waals surface area contributed by atoms with Crippen molar-refractivity contribution < 1.29 is 4.39 Å². The number of benzene rings is 2. The number of anilines is 1. The zero-order valence-corrected chi connectivity index (χ0v) is 15.1. The summed E-state index contributed by atoms with van der Waals surface area (Å²) in [6.45, 7) is 1.51. The van der Waals surface area contributed by atoms with Crippen LogP contribution < -0.4 is 5.73 Å². The second-order valence-electron chi connectivity index (χ2n) is 6.76. The van der Waals surface area contributed by atoms with Crippen molar-refractivity contribution in [2.24, 2.45) is 0 Å². The van der Waals surface area contributed by atoms with Crippen molar-refractivity contribution in [3.63, 3.8) is 0 Å². The Hall–Kier alpha value is -3.18. The molecule has 0 aliphatic carbocycles. The van der Waals surface area contributed by atoms with Gasteiger partial charge in [0.05, 0.1) is 11.4 Å². The average Bonchev–Trinajstić information content (AvgIpc) is 3.01. The van der Waals surface area contributed by atoms with Gasteiger partial charge in [-0.05, 0) is 49.0 Å². The first-order valence-corrected chi connectivity index (χ1v) is 8.85. The minimum absolute atomic E-state index is 0.255. The van der Waals surface area contributed by atoms with Gasteiger partial charge in [-0.3, -0.25) is 4.90 Å². The largest absolute Gasteiger partial charge is 0.398 e. The summed E-state index contributed by atoms with van der Waals surface area (Å²) in [5.74, 6) is -0.255. The molecule has 0 saturated heterocycles. The van der Waals surface area contributed by atoms with E-state index in [1.165, 1.54) is 17.7 Å². The Kier molecular flexibility index (Phi) is 4.60. The van der Waals surface area contributed by atoms with E-state index in [4.69, 9.17) is 10.7 Å². The van der Waals surface area contributed by atoms with Crippen molar-refractivity contribution in [1.82, 2.24) is 14.3 Å². The van der Waals surface area contributed by atoms with Crippen molar-refractivity contribution >= 4 is 11.3 Å². The molecule has 5 heteroatoms. The third-order valence-electron chi connectivity index (χ3n) is 4.57. The van der Waals surface area contributed by atoms with Gasteiger partial charge < -0.3 is 10.1 Å². The summed E-state index contributed by atoms with van der Waals surface area (Å²) in [6, 6.07) is 20.5. The van der Waals surface area contributed by atoms with E-state index in [2.05, 4.69) is 24.1 Å². The van der Waals surface area contributed by atoms with E-state index < -0.39 is 0 Å². The van der Waals surface area contributed by atoms with Crippen LogP contribution in [0.3, 0.4) is 0 Å². The van der Waals surface area contributed by atoms with E-state index in [0.29, 0.717) is 12.2 Å². The smallest absolute Gasteiger partial charge is 0.137 e. The lowest BCUT2D eigenvalue weighted by molar-refractivity contribution is 0.314. The van der Waals surface area contributed by atoms with Crippen LogP contribution in [0, 0.1) is 5.82 Å². The highest BCUT2D eigenvalue weighted by atomic mass is 19.1. The van der Waals surface area contributed by atoms with Crippen LogP contribution in [0.25, 0.3) is 16.9 Å². The van der Waals surface area contributed by atoms with Crippen LogP contribution in [0.15, 0.2) is 72.9 Å². The summed E-state index contributed by atoms with van der Waals surface area (Å²) in [5.41, 5.74) is 11.5. The van der Waals surface area contributed by atoms with Crippen molar-refractivity contribution in [3.8, 4) is 11.3 Å². The number of hydrogen-bond donors (Lipinski definition) is 1. The molecule has 2 aromatic heterocycles. The van der Waals surface area contributed by atoms with Gasteiger partial charge in [0.15, 0.2) is 0 Å². The molecule has 0 unspecified atom stereocenters. The van der Waals surface area contributed by atoms with E-state index >= 15 is 0 Å². The summed E-state index contributed by atoms with van der Waals surface area (Å²) >= 11 is 0. The molecular formula is C22H21FN4. The highest BCUT2D eigenvalue weighted by Crippen LogP contribution is 2.27. The summed E-state index contributed by atoms with van der Waals surface area (Å²) in [6.07, 6.45) is 1.89. The Balaban J connectivity index is 1.73. The van der Waals surface area contributed by atoms with Crippen molar-refractivity contribution in [2.45, 2.75) is 13.1 Å². The highest BCUT2D eigenvalue weighted by molar-refractivity contribution is 5.67. The van der Waals surface area contributed by atoms with E-state index in [0.717, 1.165) is 29.1 Å². The topological polar surface area (TPSA) is 46.6 Å². The minimum Gasteiger partial charge on any atom is -0.398 e. The summed E-state index contributed by atoms with van der Waals surface area (Å²) in [4.78, 5) is 7.00. The molecule has 0 aliphatic heterocycles. The van der Waals surface area contributed by atoms with Gasteiger partial charge in [-0.25, -0.2) is 9.37 Å². The van der Waals surface area contributed by atoms with Crippen LogP contribution in [0.5, 0.6) is 0 Å². The predicted octanol–water partition coefficient (Wildman–Crippen LogP) is 4.35. The summed E-state index contributed by atoms with van der Waals surface area (Å²) < 4.78 is 15.4. The van der Waals surface area contributed by atoms with Crippen LogP contribution in [0.4, 0.5) is 10.1 Å². The van der Waals surface area contributed by atoms with Gasteiger partial charge in [-0.2, -0.15) is 0 Å². The van der Waals surface area contributed by atoms with Gasteiger partial charge in [-0.1, -0.05) is 30.3 Å². The molecule has 0 amide bonds. The first-order valence-electron chi connectivity index (χ1n) is 8.85. The average molecular weight is 360 g/mol. The second-order valence-corrected chi connectivity index (χ2v) is 6.76. The van der Waals surface area contributed by atoms with E-state index in [-0.39, 0.29) is 5.82 Å². The van der Waals surface area contributed by atoms with Crippen molar-refractivity contribution in [2.75, 3.05) is 12.8 Å². The Morgan fingerprint density at radius 1 is 0.963 bits per heavy atom. The Bertz CT molecular complexity index is 1060. The maximum absolute atomic E-state index is 13.4. The molecule has 0 aliphatic rings. The van der Waals surface area contributed by atoms with Crippen molar-refractivity contribution in [1.29, 1.82) is 0 Å². The molecule has 4 aromatic rings. The Morgan fingerprint density at radius 2 is 1.70 bits per heavy atom. The van der Waals surface area contributed by atoms with E-state index in [9.17, 15) is 4.39 Å². The number of nitrogens with two attached hydrogens (primary N) is 1. The second kappa shape index (κ2) is 7.21. The quantitative estimate of drug-likeness (QED) is 0.575. The van der Waals surface area contributed by atoms with Crippen LogP contribution in [-0.2, 0) is 13.1 Å². The molecule has 0 bridgehead atoms.